The van der Waals surface area contributed by atoms with E-state index in [1.54, 1.807) is 6.92 Å². The lowest BCUT2D eigenvalue weighted by Crippen LogP contribution is -2.04. The first-order valence-electron chi connectivity index (χ1n) is 5.03. The largest absolute Gasteiger partial charge is 0.434 e. The van der Waals surface area contributed by atoms with E-state index in [2.05, 4.69) is 4.74 Å². The van der Waals surface area contributed by atoms with Gasteiger partial charge in [-0.2, -0.15) is 8.78 Å². The Morgan fingerprint density at radius 1 is 1.61 bits per heavy atom. The topological polar surface area (TPSA) is 52.4 Å². The molecule has 98 valence electrons. The Labute approximate surface area is 107 Å². The normalized spacial score (nSPS) is 11.7. The van der Waals surface area contributed by atoms with Crippen molar-refractivity contribution in [3.05, 3.63) is 44.6 Å². The highest BCUT2D eigenvalue weighted by Gasteiger charge is 2.13. The van der Waals surface area contributed by atoms with Gasteiger partial charge < -0.3 is 4.74 Å². The summed E-state index contributed by atoms with van der Waals surface area (Å²) in [5.74, 6) is -0.151. The van der Waals surface area contributed by atoms with Gasteiger partial charge in [0, 0.05) is 23.1 Å². The van der Waals surface area contributed by atoms with Gasteiger partial charge in [0.25, 0.3) is 0 Å². The first kappa shape index (κ1) is 14.4. The standard InChI is InChI=1S/C11H10ClF2NO3/c1-2-9(15(16)17)6-7-5-8(12)3-4-10(7)18-11(13)14/h3-6,11H,2H2,1H3. The molecule has 0 heterocycles. The summed E-state index contributed by atoms with van der Waals surface area (Å²) >= 11 is 5.72. The first-order chi connectivity index (χ1) is 8.43. The summed E-state index contributed by atoms with van der Waals surface area (Å²) in [7, 11) is 0. The molecular formula is C11H10ClF2NO3. The van der Waals surface area contributed by atoms with Crippen LogP contribution in [0.25, 0.3) is 6.08 Å². The van der Waals surface area contributed by atoms with Gasteiger partial charge in [-0.1, -0.05) is 18.5 Å². The maximum Gasteiger partial charge on any atom is 0.387 e. The molecule has 0 amide bonds. The predicted octanol–water partition coefficient (Wildman–Crippen LogP) is 3.97. The van der Waals surface area contributed by atoms with Crippen molar-refractivity contribution in [2.45, 2.75) is 20.0 Å². The van der Waals surface area contributed by atoms with Crippen LogP contribution in [-0.4, -0.2) is 11.5 Å². The van der Waals surface area contributed by atoms with Crippen molar-refractivity contribution in [1.82, 2.24) is 0 Å². The first-order valence-corrected chi connectivity index (χ1v) is 5.41. The van der Waals surface area contributed by atoms with E-state index in [1.807, 2.05) is 0 Å². The van der Waals surface area contributed by atoms with E-state index in [0.717, 1.165) is 0 Å². The molecule has 7 heteroatoms. The lowest BCUT2D eigenvalue weighted by molar-refractivity contribution is -0.425. The van der Waals surface area contributed by atoms with Gasteiger partial charge in [-0.25, -0.2) is 0 Å². The summed E-state index contributed by atoms with van der Waals surface area (Å²) in [5, 5.41) is 10.9. The highest BCUT2D eigenvalue weighted by molar-refractivity contribution is 6.30. The summed E-state index contributed by atoms with van der Waals surface area (Å²) in [4.78, 5) is 10.1. The quantitative estimate of drug-likeness (QED) is 0.604. The number of halogens is 3. The molecule has 0 aliphatic carbocycles. The van der Waals surface area contributed by atoms with Crippen LogP contribution in [-0.2, 0) is 0 Å². The molecule has 0 aliphatic heterocycles. The van der Waals surface area contributed by atoms with Crippen molar-refractivity contribution >= 4 is 17.7 Å². The highest BCUT2D eigenvalue weighted by atomic mass is 35.5. The highest BCUT2D eigenvalue weighted by Crippen LogP contribution is 2.27. The van der Waals surface area contributed by atoms with Gasteiger partial charge >= 0.3 is 6.61 Å². The molecule has 0 radical (unpaired) electrons. The van der Waals surface area contributed by atoms with Crippen molar-refractivity contribution in [3.8, 4) is 5.75 Å². The van der Waals surface area contributed by atoms with Crippen molar-refractivity contribution in [3.63, 3.8) is 0 Å². The van der Waals surface area contributed by atoms with E-state index in [-0.39, 0.29) is 28.5 Å². The Morgan fingerprint density at radius 3 is 2.78 bits per heavy atom. The molecular weight excluding hydrogens is 268 g/mol. The number of hydrogen-bond donors (Lipinski definition) is 0. The fourth-order valence-corrected chi connectivity index (χ4v) is 1.48. The molecule has 0 fully saturated rings. The zero-order valence-corrected chi connectivity index (χ0v) is 10.2. The average molecular weight is 278 g/mol. The molecule has 0 unspecified atom stereocenters. The molecule has 0 aliphatic rings. The van der Waals surface area contributed by atoms with Crippen molar-refractivity contribution < 1.29 is 18.4 Å². The number of alkyl halides is 2. The van der Waals surface area contributed by atoms with E-state index in [4.69, 9.17) is 11.6 Å². The van der Waals surface area contributed by atoms with Gasteiger partial charge in [-0.3, -0.25) is 10.1 Å². The van der Waals surface area contributed by atoms with Crippen LogP contribution in [0.5, 0.6) is 5.75 Å². The van der Waals surface area contributed by atoms with Gasteiger partial charge in [0.1, 0.15) is 5.75 Å². The Kier molecular flexibility index (Phi) is 5.03. The maximum atomic E-state index is 12.2. The van der Waals surface area contributed by atoms with Crippen LogP contribution in [0.4, 0.5) is 8.78 Å². The smallest absolute Gasteiger partial charge is 0.387 e. The molecule has 1 aromatic carbocycles. The van der Waals surface area contributed by atoms with E-state index < -0.39 is 11.5 Å². The third-order valence-corrected chi connectivity index (χ3v) is 2.34. The third-order valence-electron chi connectivity index (χ3n) is 2.11. The lowest BCUT2D eigenvalue weighted by atomic mass is 10.1. The van der Waals surface area contributed by atoms with Gasteiger partial charge in [-0.15, -0.1) is 0 Å². The molecule has 0 atom stereocenters. The van der Waals surface area contributed by atoms with E-state index >= 15 is 0 Å². The summed E-state index contributed by atoms with van der Waals surface area (Å²) in [6, 6.07) is 3.94. The minimum absolute atomic E-state index is 0.114. The van der Waals surface area contributed by atoms with Crippen LogP contribution in [0.2, 0.25) is 5.02 Å². The molecule has 0 spiro atoms. The van der Waals surface area contributed by atoms with Gasteiger partial charge in [0.05, 0.1) is 4.92 Å². The van der Waals surface area contributed by atoms with Crippen molar-refractivity contribution in [2.24, 2.45) is 0 Å². The van der Waals surface area contributed by atoms with Crippen LogP contribution in [0.1, 0.15) is 18.9 Å². The number of hydrogen-bond acceptors (Lipinski definition) is 3. The number of ether oxygens (including phenoxy) is 1. The number of rotatable bonds is 5. The second-order valence-electron chi connectivity index (χ2n) is 3.31. The molecule has 18 heavy (non-hydrogen) atoms. The van der Waals surface area contributed by atoms with Gasteiger partial charge in [0.2, 0.25) is 5.70 Å². The van der Waals surface area contributed by atoms with Crippen LogP contribution in [0, 0.1) is 10.1 Å². The fourth-order valence-electron chi connectivity index (χ4n) is 1.30. The van der Waals surface area contributed by atoms with Crippen LogP contribution in [0.15, 0.2) is 23.9 Å². The molecule has 1 aromatic rings. The van der Waals surface area contributed by atoms with E-state index in [0.29, 0.717) is 0 Å². The fraction of sp³-hybridized carbons (Fsp3) is 0.273. The maximum absolute atomic E-state index is 12.2. The molecule has 0 saturated heterocycles. The Balaban J connectivity index is 3.20. The SMILES string of the molecule is CCC(=Cc1cc(Cl)ccc1OC(F)F)[N+](=O)[O-]. The Morgan fingerprint density at radius 2 is 2.28 bits per heavy atom. The van der Waals surface area contributed by atoms with Crippen LogP contribution >= 0.6 is 11.6 Å². The number of nitrogens with zero attached hydrogens (tertiary/aromatic N) is 1. The summed E-state index contributed by atoms with van der Waals surface area (Å²) in [5.41, 5.74) is 0.0349. The Hall–Kier alpha value is -1.69. The van der Waals surface area contributed by atoms with E-state index in [1.165, 1.54) is 24.3 Å². The zero-order valence-electron chi connectivity index (χ0n) is 9.40. The van der Waals surface area contributed by atoms with Crippen molar-refractivity contribution in [2.75, 3.05) is 0 Å². The van der Waals surface area contributed by atoms with Crippen LogP contribution in [0.3, 0.4) is 0 Å². The van der Waals surface area contributed by atoms with Gasteiger partial charge in [-0.05, 0) is 18.2 Å². The van der Waals surface area contributed by atoms with Gasteiger partial charge in [0.15, 0.2) is 0 Å². The van der Waals surface area contributed by atoms with Crippen LogP contribution < -0.4 is 4.74 Å². The third kappa shape index (κ3) is 3.96. The second kappa shape index (κ2) is 6.30. The molecule has 0 aromatic heterocycles. The molecule has 0 bridgehead atoms. The number of allylic oxidation sites excluding steroid dienone is 1. The molecule has 4 nitrogen and oxygen atoms in total. The van der Waals surface area contributed by atoms with Crippen molar-refractivity contribution in [1.29, 1.82) is 0 Å². The molecule has 1 rings (SSSR count). The minimum atomic E-state index is -3.00. The molecule has 0 N–H and O–H groups in total. The zero-order chi connectivity index (χ0) is 13.7. The summed E-state index contributed by atoms with van der Waals surface area (Å²) < 4.78 is 28.6. The number of benzene rings is 1. The Bertz CT molecular complexity index is 477. The average Bonchev–Trinajstić information content (AvgIpc) is 2.28. The number of nitro groups is 1. The summed E-state index contributed by atoms with van der Waals surface area (Å²) in [6.07, 6.45) is 1.33. The minimum Gasteiger partial charge on any atom is -0.434 e. The molecule has 0 saturated carbocycles. The monoisotopic (exact) mass is 277 g/mol. The lowest BCUT2D eigenvalue weighted by Gasteiger charge is -2.08. The second-order valence-corrected chi connectivity index (χ2v) is 3.74. The summed E-state index contributed by atoms with van der Waals surface area (Å²) in [6.45, 7) is -1.41. The van der Waals surface area contributed by atoms with E-state index in [9.17, 15) is 18.9 Å². The predicted molar refractivity (Wildman–Crippen MR) is 63.3 cm³/mol.